The van der Waals surface area contributed by atoms with Gasteiger partial charge in [-0.2, -0.15) is 0 Å². The molecule has 1 fully saturated rings. The first-order chi connectivity index (χ1) is 12.5. The Kier molecular flexibility index (Phi) is 4.36. The molecule has 1 aromatic carbocycles. The van der Waals surface area contributed by atoms with Gasteiger partial charge in [-0.05, 0) is 32.0 Å². The number of anilines is 2. The van der Waals surface area contributed by atoms with Crippen molar-refractivity contribution in [1.82, 2.24) is 15.4 Å². The summed E-state index contributed by atoms with van der Waals surface area (Å²) in [5.74, 6) is 1.31. The van der Waals surface area contributed by atoms with Crippen LogP contribution in [0.1, 0.15) is 31.1 Å². The maximum atomic E-state index is 13.5. The van der Waals surface area contributed by atoms with Crippen molar-refractivity contribution in [3.63, 3.8) is 0 Å². The van der Waals surface area contributed by atoms with E-state index in [1.807, 2.05) is 32.0 Å². The van der Waals surface area contributed by atoms with Gasteiger partial charge in [-0.25, -0.2) is 24.2 Å². The van der Waals surface area contributed by atoms with Gasteiger partial charge in [0, 0.05) is 11.6 Å². The number of fused-ring (bicyclic) bond motifs is 1. The third kappa shape index (κ3) is 3.16. The largest absolute Gasteiger partial charge is 0.491 e. The zero-order valence-electron chi connectivity index (χ0n) is 14.6. The van der Waals surface area contributed by atoms with Crippen LogP contribution in [0.25, 0.3) is 0 Å². The molecule has 0 amide bonds. The fourth-order valence-corrected chi connectivity index (χ4v) is 3.30. The van der Waals surface area contributed by atoms with Crippen LogP contribution >= 0.6 is 0 Å². The van der Waals surface area contributed by atoms with E-state index in [2.05, 4.69) is 20.8 Å². The molecule has 138 valence electrons. The topological polar surface area (TPSA) is 62.3 Å². The summed E-state index contributed by atoms with van der Waals surface area (Å²) in [6, 6.07) is 7.40. The van der Waals surface area contributed by atoms with Crippen molar-refractivity contribution in [2.75, 3.05) is 23.4 Å². The molecule has 26 heavy (non-hydrogen) atoms. The summed E-state index contributed by atoms with van der Waals surface area (Å²) in [5.41, 5.74) is 8.99. The summed E-state index contributed by atoms with van der Waals surface area (Å²) in [5, 5.41) is 0. The fourth-order valence-electron chi connectivity index (χ4n) is 3.30. The number of hydrogen-bond donors (Lipinski definition) is 2. The first-order valence-electron chi connectivity index (χ1n) is 8.68. The highest BCUT2D eigenvalue weighted by Crippen LogP contribution is 2.36. The van der Waals surface area contributed by atoms with Gasteiger partial charge >= 0.3 is 0 Å². The predicted octanol–water partition coefficient (Wildman–Crippen LogP) is 2.78. The Morgan fingerprint density at radius 3 is 2.65 bits per heavy atom. The van der Waals surface area contributed by atoms with E-state index in [0.717, 1.165) is 22.7 Å². The molecule has 3 heterocycles. The average Bonchev–Trinajstić information content (AvgIpc) is 3.18. The molecule has 1 saturated heterocycles. The molecule has 0 aliphatic carbocycles. The number of nitrogens with one attached hydrogen (secondary N) is 2. The van der Waals surface area contributed by atoms with Crippen LogP contribution in [0.3, 0.4) is 0 Å². The zero-order valence-corrected chi connectivity index (χ0v) is 14.6. The highest BCUT2D eigenvalue weighted by molar-refractivity contribution is 5.61. The van der Waals surface area contributed by atoms with E-state index < -0.39 is 12.3 Å². The molecule has 2 aliphatic heterocycles. The van der Waals surface area contributed by atoms with E-state index in [4.69, 9.17) is 4.74 Å². The molecule has 0 unspecified atom stereocenters. The van der Waals surface area contributed by atoms with E-state index >= 15 is 0 Å². The van der Waals surface area contributed by atoms with Crippen LogP contribution in [-0.4, -0.2) is 41.5 Å². The Hall–Kier alpha value is -2.48. The standard InChI is InChI=1S/C18H21F2N5O/c1-10(2)26-11-3-4-15-12(5-11)18(24-23-15)16-6-17(22-9-21-16)25-7-13(19)14(20)8-25/h3-6,9-10,13-14,18,23-24H,7-8H2,1-2H3/t13-,14-,18+/m0/s1. The van der Waals surface area contributed by atoms with Gasteiger partial charge in [0.05, 0.1) is 36.6 Å². The number of halogens is 2. The predicted molar refractivity (Wildman–Crippen MR) is 94.8 cm³/mol. The normalized spacial score (nSPS) is 24.7. The number of alkyl halides is 2. The van der Waals surface area contributed by atoms with E-state index in [1.54, 1.807) is 11.0 Å². The second kappa shape index (κ2) is 6.68. The van der Waals surface area contributed by atoms with Crippen LogP contribution in [0.2, 0.25) is 0 Å². The Morgan fingerprint density at radius 1 is 1.15 bits per heavy atom. The lowest BCUT2D eigenvalue weighted by atomic mass is 10.0. The van der Waals surface area contributed by atoms with Crippen molar-refractivity contribution >= 4 is 11.5 Å². The Balaban J connectivity index is 1.61. The molecular formula is C18H21F2N5O. The Morgan fingerprint density at radius 2 is 1.92 bits per heavy atom. The minimum absolute atomic E-state index is 0.0108. The number of rotatable bonds is 4. The lowest BCUT2D eigenvalue weighted by Crippen LogP contribution is -2.24. The van der Waals surface area contributed by atoms with Crippen LogP contribution in [0.4, 0.5) is 20.3 Å². The molecule has 0 spiro atoms. The van der Waals surface area contributed by atoms with Crippen LogP contribution in [0.5, 0.6) is 5.75 Å². The minimum Gasteiger partial charge on any atom is -0.491 e. The summed E-state index contributed by atoms with van der Waals surface area (Å²) in [6.07, 6.45) is -1.44. The smallest absolute Gasteiger partial charge is 0.150 e. The van der Waals surface area contributed by atoms with Gasteiger partial charge in [0.15, 0.2) is 12.3 Å². The third-order valence-corrected chi connectivity index (χ3v) is 4.53. The summed E-state index contributed by atoms with van der Waals surface area (Å²) in [7, 11) is 0. The average molecular weight is 361 g/mol. The van der Waals surface area contributed by atoms with E-state index in [-0.39, 0.29) is 25.2 Å². The molecule has 2 aromatic rings. The third-order valence-electron chi connectivity index (χ3n) is 4.53. The summed E-state index contributed by atoms with van der Waals surface area (Å²) in [6.45, 7) is 3.97. The molecule has 1 aromatic heterocycles. The van der Waals surface area contributed by atoms with Crippen molar-refractivity contribution in [2.45, 2.75) is 38.3 Å². The minimum atomic E-state index is -1.48. The molecule has 6 nitrogen and oxygen atoms in total. The Labute approximate surface area is 150 Å². The number of hydrogen-bond acceptors (Lipinski definition) is 6. The molecule has 2 N–H and O–H groups in total. The van der Waals surface area contributed by atoms with Crippen LogP contribution in [-0.2, 0) is 0 Å². The van der Waals surface area contributed by atoms with Crippen molar-refractivity contribution in [3.8, 4) is 5.75 Å². The molecule has 0 bridgehead atoms. The summed E-state index contributed by atoms with van der Waals surface area (Å²) in [4.78, 5) is 10.1. The number of ether oxygens (including phenoxy) is 1. The highest BCUT2D eigenvalue weighted by Gasteiger charge is 2.34. The Bertz CT molecular complexity index is 793. The molecule has 8 heteroatoms. The summed E-state index contributed by atoms with van der Waals surface area (Å²) < 4.78 is 32.8. The molecule has 4 rings (SSSR count). The van der Waals surface area contributed by atoms with Gasteiger partial charge in [0.2, 0.25) is 0 Å². The number of aromatic nitrogens is 2. The second-order valence-corrected chi connectivity index (χ2v) is 6.86. The van der Waals surface area contributed by atoms with Crippen molar-refractivity contribution in [1.29, 1.82) is 0 Å². The number of nitrogens with zero attached hydrogens (tertiary/aromatic N) is 3. The first kappa shape index (κ1) is 17.0. The lowest BCUT2D eigenvalue weighted by Gasteiger charge is -2.18. The van der Waals surface area contributed by atoms with Gasteiger partial charge in [-0.15, -0.1) is 0 Å². The molecule has 0 saturated carbocycles. The van der Waals surface area contributed by atoms with E-state index in [1.165, 1.54) is 6.33 Å². The van der Waals surface area contributed by atoms with Gasteiger partial charge in [-0.3, -0.25) is 0 Å². The van der Waals surface area contributed by atoms with Crippen molar-refractivity contribution < 1.29 is 13.5 Å². The maximum Gasteiger partial charge on any atom is 0.150 e. The van der Waals surface area contributed by atoms with E-state index in [9.17, 15) is 8.78 Å². The van der Waals surface area contributed by atoms with Crippen LogP contribution in [0, 0.1) is 0 Å². The van der Waals surface area contributed by atoms with E-state index in [0.29, 0.717) is 5.82 Å². The quantitative estimate of drug-likeness (QED) is 0.873. The van der Waals surface area contributed by atoms with Crippen molar-refractivity contribution in [2.24, 2.45) is 0 Å². The maximum absolute atomic E-state index is 13.5. The summed E-state index contributed by atoms with van der Waals surface area (Å²) >= 11 is 0. The first-order valence-corrected chi connectivity index (χ1v) is 8.68. The van der Waals surface area contributed by atoms with Gasteiger partial charge in [0.1, 0.15) is 17.9 Å². The van der Waals surface area contributed by atoms with Crippen molar-refractivity contribution in [3.05, 3.63) is 41.9 Å². The SMILES string of the molecule is CC(C)Oc1ccc2c(c1)[C@H](c1cc(N3C[C@H](F)[C@@H](F)C3)ncn1)NN2. The van der Waals surface area contributed by atoms with Crippen LogP contribution < -0.4 is 20.5 Å². The molecule has 0 radical (unpaired) electrons. The number of benzene rings is 1. The molecule has 2 aliphatic rings. The lowest BCUT2D eigenvalue weighted by molar-refractivity contribution is 0.217. The molecule has 3 atom stereocenters. The monoisotopic (exact) mass is 361 g/mol. The highest BCUT2D eigenvalue weighted by atomic mass is 19.2. The zero-order chi connectivity index (χ0) is 18.3. The van der Waals surface area contributed by atoms with Gasteiger partial charge in [-0.1, -0.05) is 0 Å². The van der Waals surface area contributed by atoms with Gasteiger partial charge < -0.3 is 15.1 Å². The fraction of sp³-hybridized carbons (Fsp3) is 0.444. The number of hydrazine groups is 1. The second-order valence-electron chi connectivity index (χ2n) is 6.86. The molecular weight excluding hydrogens is 340 g/mol. The van der Waals surface area contributed by atoms with Crippen LogP contribution in [0.15, 0.2) is 30.6 Å². The van der Waals surface area contributed by atoms with Gasteiger partial charge in [0.25, 0.3) is 0 Å².